The molecule has 0 atom stereocenters. The van der Waals surface area contributed by atoms with Crippen molar-refractivity contribution in [2.45, 2.75) is 13.8 Å². The van der Waals surface area contributed by atoms with Crippen LogP contribution < -0.4 is 4.90 Å². The van der Waals surface area contributed by atoms with E-state index >= 15 is 0 Å². The maximum atomic E-state index is 4.29. The van der Waals surface area contributed by atoms with Gasteiger partial charge in [-0.25, -0.2) is 0 Å². The van der Waals surface area contributed by atoms with Crippen LogP contribution in [0.1, 0.15) is 13.8 Å². The Hall–Kier alpha value is -5.99. The average Bonchev–Trinajstić information content (AvgIpc) is 3.47. The Balaban J connectivity index is 0.00000159. The minimum atomic E-state index is 1.11. The summed E-state index contributed by atoms with van der Waals surface area (Å²) in [5, 5.41) is 5.21. The van der Waals surface area contributed by atoms with Crippen LogP contribution in [0.4, 0.5) is 17.1 Å². The van der Waals surface area contributed by atoms with Crippen molar-refractivity contribution in [1.29, 1.82) is 0 Å². The molecule has 0 radical (unpaired) electrons. The summed E-state index contributed by atoms with van der Waals surface area (Å²) in [6, 6.07) is 57.1. The van der Waals surface area contributed by atoms with Crippen molar-refractivity contribution >= 4 is 38.6 Å². The Morgan fingerprint density at radius 1 is 0.404 bits per heavy atom. The first-order chi connectivity index (χ1) is 23.3. The van der Waals surface area contributed by atoms with Crippen LogP contribution in [0.15, 0.2) is 170 Å². The van der Waals surface area contributed by atoms with Gasteiger partial charge in [0, 0.05) is 29.5 Å². The third-order valence-electron chi connectivity index (χ3n) is 9.08. The van der Waals surface area contributed by atoms with Gasteiger partial charge in [-0.15, -0.1) is 0 Å². The van der Waals surface area contributed by atoms with Gasteiger partial charge in [0.2, 0.25) is 0 Å². The highest BCUT2D eigenvalue weighted by molar-refractivity contribution is 6.20. The van der Waals surface area contributed by atoms with Crippen molar-refractivity contribution < 1.29 is 0 Å². The second-order valence-electron chi connectivity index (χ2n) is 11.6. The molecule has 0 bridgehead atoms. The van der Waals surface area contributed by atoms with Gasteiger partial charge in [-0.3, -0.25) is 4.98 Å². The number of fused-ring (bicyclic) bond motifs is 4. The van der Waals surface area contributed by atoms with E-state index in [0.29, 0.717) is 0 Å². The zero-order chi connectivity index (χ0) is 31.7. The van der Waals surface area contributed by atoms with Gasteiger partial charge in [0.15, 0.2) is 0 Å². The Bertz CT molecular complexity index is 2290. The average molecular weight is 603 g/mol. The van der Waals surface area contributed by atoms with Gasteiger partial charge in [-0.05, 0) is 121 Å². The first-order valence-corrected chi connectivity index (χ1v) is 16.4. The summed E-state index contributed by atoms with van der Waals surface area (Å²) in [5.41, 5.74) is 13.4. The van der Waals surface area contributed by atoms with Gasteiger partial charge in [0.1, 0.15) is 0 Å². The summed E-state index contributed by atoms with van der Waals surface area (Å²) >= 11 is 0. The van der Waals surface area contributed by atoms with E-state index < -0.39 is 0 Å². The highest BCUT2D eigenvalue weighted by Gasteiger charge is 2.23. The molecule has 8 aromatic rings. The van der Waals surface area contributed by atoms with E-state index in [1.807, 2.05) is 32.3 Å². The molecular weight excluding hydrogens is 569 g/mol. The molecule has 0 amide bonds. The van der Waals surface area contributed by atoms with Gasteiger partial charge >= 0.3 is 0 Å². The third kappa shape index (κ3) is 4.95. The van der Waals surface area contributed by atoms with E-state index in [1.165, 1.54) is 54.9 Å². The van der Waals surface area contributed by atoms with Gasteiger partial charge in [0.25, 0.3) is 0 Å². The SMILES string of the molecule is CC.c1ccc(N(c2ccc(-c3cccnc3)cc2)c2ccc(-c3ccc4c5c(cccc35)-c3cc5ccccc5cc3-4)cc2)cc1. The number of hydrogen-bond donors (Lipinski definition) is 0. The summed E-state index contributed by atoms with van der Waals surface area (Å²) in [4.78, 5) is 6.60. The van der Waals surface area contributed by atoms with Crippen LogP contribution in [0.5, 0.6) is 0 Å². The summed E-state index contributed by atoms with van der Waals surface area (Å²) in [6.07, 6.45) is 3.71. The van der Waals surface area contributed by atoms with Crippen LogP contribution in [0.2, 0.25) is 0 Å². The number of anilines is 3. The molecular formula is C45H34N2. The second kappa shape index (κ2) is 12.1. The number of nitrogens with zero attached hydrogens (tertiary/aromatic N) is 2. The van der Waals surface area contributed by atoms with E-state index in [0.717, 1.165) is 28.2 Å². The Morgan fingerprint density at radius 3 is 1.62 bits per heavy atom. The third-order valence-corrected chi connectivity index (χ3v) is 9.08. The topological polar surface area (TPSA) is 16.1 Å². The van der Waals surface area contributed by atoms with Crippen LogP contribution in [-0.4, -0.2) is 4.98 Å². The second-order valence-corrected chi connectivity index (χ2v) is 11.6. The number of rotatable bonds is 5. The van der Waals surface area contributed by atoms with Crippen LogP contribution in [0, 0.1) is 0 Å². The molecule has 2 nitrogen and oxygen atoms in total. The van der Waals surface area contributed by atoms with E-state index in [2.05, 4.69) is 162 Å². The lowest BCUT2D eigenvalue weighted by Crippen LogP contribution is -2.09. The maximum Gasteiger partial charge on any atom is 0.0462 e. The predicted molar refractivity (Wildman–Crippen MR) is 201 cm³/mol. The first kappa shape index (κ1) is 28.5. The molecule has 0 N–H and O–H groups in total. The Kier molecular flexibility index (Phi) is 7.32. The molecule has 47 heavy (non-hydrogen) atoms. The fourth-order valence-corrected chi connectivity index (χ4v) is 6.94. The molecule has 224 valence electrons. The minimum absolute atomic E-state index is 1.11. The van der Waals surface area contributed by atoms with Crippen molar-refractivity contribution in [3.63, 3.8) is 0 Å². The maximum absolute atomic E-state index is 4.29. The summed E-state index contributed by atoms with van der Waals surface area (Å²) in [7, 11) is 0. The molecule has 0 saturated carbocycles. The number of hydrogen-bond acceptors (Lipinski definition) is 2. The zero-order valence-corrected chi connectivity index (χ0v) is 26.6. The van der Waals surface area contributed by atoms with Crippen LogP contribution in [0.25, 0.3) is 66.1 Å². The molecule has 0 unspecified atom stereocenters. The van der Waals surface area contributed by atoms with Crippen molar-refractivity contribution in [2.24, 2.45) is 0 Å². The molecule has 1 aliphatic carbocycles. The van der Waals surface area contributed by atoms with E-state index in [1.54, 1.807) is 0 Å². The number of aromatic nitrogens is 1. The molecule has 9 rings (SSSR count). The lowest BCUT2D eigenvalue weighted by Gasteiger charge is -2.26. The van der Waals surface area contributed by atoms with Crippen LogP contribution in [0.3, 0.4) is 0 Å². The highest BCUT2D eigenvalue weighted by atomic mass is 15.1. The summed E-state index contributed by atoms with van der Waals surface area (Å²) in [6.45, 7) is 4.00. The number of para-hydroxylation sites is 1. The Morgan fingerprint density at radius 2 is 0.979 bits per heavy atom. The van der Waals surface area contributed by atoms with Crippen LogP contribution in [-0.2, 0) is 0 Å². The summed E-state index contributed by atoms with van der Waals surface area (Å²) < 4.78 is 0. The smallest absolute Gasteiger partial charge is 0.0462 e. The van der Waals surface area contributed by atoms with Crippen molar-refractivity contribution in [3.8, 4) is 44.5 Å². The normalized spacial score (nSPS) is 11.2. The fraction of sp³-hybridized carbons (Fsp3) is 0.0444. The van der Waals surface area contributed by atoms with Crippen molar-refractivity contribution in [1.82, 2.24) is 4.98 Å². The fourth-order valence-electron chi connectivity index (χ4n) is 6.94. The van der Waals surface area contributed by atoms with Crippen molar-refractivity contribution in [2.75, 3.05) is 4.90 Å². The molecule has 7 aromatic carbocycles. The highest BCUT2D eigenvalue weighted by Crippen LogP contribution is 2.50. The lowest BCUT2D eigenvalue weighted by atomic mass is 9.94. The predicted octanol–water partition coefficient (Wildman–Crippen LogP) is 12.9. The monoisotopic (exact) mass is 602 g/mol. The largest absolute Gasteiger partial charge is 0.311 e. The van der Waals surface area contributed by atoms with E-state index in [9.17, 15) is 0 Å². The van der Waals surface area contributed by atoms with Gasteiger partial charge in [-0.1, -0.05) is 117 Å². The van der Waals surface area contributed by atoms with Crippen LogP contribution >= 0.6 is 0 Å². The molecule has 1 aromatic heterocycles. The lowest BCUT2D eigenvalue weighted by molar-refractivity contribution is 1.28. The molecule has 0 spiro atoms. The molecule has 1 aliphatic rings. The van der Waals surface area contributed by atoms with E-state index in [4.69, 9.17) is 0 Å². The zero-order valence-electron chi connectivity index (χ0n) is 26.6. The quantitative estimate of drug-likeness (QED) is 0.195. The molecule has 2 heteroatoms. The Labute approximate surface area is 276 Å². The van der Waals surface area contributed by atoms with Crippen molar-refractivity contribution in [3.05, 3.63) is 170 Å². The summed E-state index contributed by atoms with van der Waals surface area (Å²) in [5.74, 6) is 0. The van der Waals surface area contributed by atoms with Gasteiger partial charge < -0.3 is 4.90 Å². The van der Waals surface area contributed by atoms with Gasteiger partial charge in [-0.2, -0.15) is 0 Å². The number of pyridine rings is 1. The molecule has 0 fully saturated rings. The molecule has 0 saturated heterocycles. The molecule has 1 heterocycles. The van der Waals surface area contributed by atoms with Gasteiger partial charge in [0.05, 0.1) is 0 Å². The number of benzene rings is 7. The standard InChI is InChI=1S/C43H28N2.C2H6/c1-2-11-34(12-3-1)45(35-19-15-29(16-20-35)33-10-7-25-44-28-33)36-21-17-30(18-22-36)37-23-24-40-42-27-32-9-5-4-8-31(32)26-41(42)39-14-6-13-38(37)43(39)40;1-2/h1-28H;1-2H3. The minimum Gasteiger partial charge on any atom is -0.311 e. The first-order valence-electron chi connectivity index (χ1n) is 16.4. The molecule has 0 aliphatic heterocycles. The van der Waals surface area contributed by atoms with E-state index in [-0.39, 0.29) is 0 Å².